The van der Waals surface area contributed by atoms with Crippen molar-refractivity contribution in [2.24, 2.45) is 10.7 Å². The van der Waals surface area contributed by atoms with Gasteiger partial charge < -0.3 is 11.1 Å². The van der Waals surface area contributed by atoms with E-state index in [1.54, 1.807) is 0 Å². The number of nitrogens with one attached hydrogen (secondary N) is 1. The van der Waals surface area contributed by atoms with Gasteiger partial charge in [-0.15, -0.1) is 0 Å². The highest BCUT2D eigenvalue weighted by molar-refractivity contribution is 6.01. The molecule has 1 saturated heterocycles. The number of piperidine rings is 1. The van der Waals surface area contributed by atoms with Crippen LogP contribution in [0.5, 0.6) is 0 Å². The lowest BCUT2D eigenvalue weighted by Crippen LogP contribution is -2.54. The van der Waals surface area contributed by atoms with Gasteiger partial charge in [0.25, 0.3) is 5.91 Å². The maximum Gasteiger partial charge on any atom is 0.251 e. The normalized spacial score (nSPS) is 24.0. The summed E-state index contributed by atoms with van der Waals surface area (Å²) in [5.74, 6) is -0.195. The molecule has 1 aliphatic rings. The van der Waals surface area contributed by atoms with Crippen LogP contribution in [0.15, 0.2) is 4.99 Å². The molecule has 0 saturated carbocycles. The molecule has 1 rings (SSSR count). The Labute approximate surface area is 82.2 Å². The average Bonchev–Trinajstić information content (AvgIpc) is 2.19. The van der Waals surface area contributed by atoms with Gasteiger partial charge in [0.1, 0.15) is 6.04 Å². The summed E-state index contributed by atoms with van der Waals surface area (Å²) in [4.78, 5) is 27.4. The number of nitrogens with zero attached hydrogens (tertiary/aromatic N) is 2. The second-order valence-corrected chi connectivity index (χ2v) is 3.14. The molecule has 1 fully saturated rings. The van der Waals surface area contributed by atoms with Crippen molar-refractivity contribution in [1.82, 2.24) is 10.2 Å². The van der Waals surface area contributed by atoms with Crippen LogP contribution in [-0.2, 0) is 9.59 Å². The Kier molecular flexibility index (Phi) is 3.06. The summed E-state index contributed by atoms with van der Waals surface area (Å²) in [6, 6.07) is -0.429. The van der Waals surface area contributed by atoms with Crippen LogP contribution in [0.4, 0.5) is 0 Å². The lowest BCUT2D eigenvalue weighted by Gasteiger charge is -2.28. The predicted molar refractivity (Wildman–Crippen MR) is 51.5 cm³/mol. The third kappa shape index (κ3) is 2.01. The van der Waals surface area contributed by atoms with Gasteiger partial charge in [-0.05, 0) is 6.42 Å². The average molecular weight is 198 g/mol. The molecule has 1 heterocycles. The van der Waals surface area contributed by atoms with Gasteiger partial charge in [0, 0.05) is 20.5 Å². The Morgan fingerprint density at radius 1 is 1.64 bits per heavy atom. The molecule has 0 aromatic heterocycles. The number of carbonyl (C=O) groups is 2. The molecular weight excluding hydrogens is 184 g/mol. The van der Waals surface area contributed by atoms with Crippen LogP contribution in [0.3, 0.4) is 0 Å². The number of rotatable bonds is 1. The summed E-state index contributed by atoms with van der Waals surface area (Å²) in [6.45, 7) is 0. The molecule has 0 spiro atoms. The van der Waals surface area contributed by atoms with E-state index in [4.69, 9.17) is 5.73 Å². The number of carbonyl (C=O) groups excluding carboxylic acids is 2. The van der Waals surface area contributed by atoms with E-state index >= 15 is 0 Å². The number of hydrogen-bond acceptors (Lipinski definition) is 3. The first kappa shape index (κ1) is 10.5. The third-order valence-corrected chi connectivity index (χ3v) is 2.21. The fourth-order valence-corrected chi connectivity index (χ4v) is 1.29. The molecule has 1 unspecified atom stereocenters. The molecule has 14 heavy (non-hydrogen) atoms. The van der Waals surface area contributed by atoms with Crippen LogP contribution in [-0.4, -0.2) is 42.8 Å². The van der Waals surface area contributed by atoms with Crippen LogP contribution < -0.4 is 11.1 Å². The minimum absolute atomic E-state index is 0.153. The number of imide groups is 1. The van der Waals surface area contributed by atoms with Crippen molar-refractivity contribution in [1.29, 1.82) is 0 Å². The van der Waals surface area contributed by atoms with Crippen molar-refractivity contribution in [3.8, 4) is 0 Å². The summed E-state index contributed by atoms with van der Waals surface area (Å²) < 4.78 is 0. The molecule has 1 aliphatic heterocycles. The molecule has 0 aliphatic carbocycles. The number of hydrogen-bond donors (Lipinski definition) is 2. The molecule has 0 aromatic carbocycles. The molecule has 6 nitrogen and oxygen atoms in total. The van der Waals surface area contributed by atoms with Gasteiger partial charge in [-0.1, -0.05) is 0 Å². The molecule has 3 N–H and O–H groups in total. The fraction of sp³-hybridized carbons (Fsp3) is 0.625. The largest absolute Gasteiger partial charge is 0.370 e. The van der Waals surface area contributed by atoms with Gasteiger partial charge in [-0.25, -0.2) is 0 Å². The van der Waals surface area contributed by atoms with Crippen LogP contribution in [0, 0.1) is 0 Å². The Bertz CT molecular complexity index is 287. The number of nitrogens with two attached hydrogens (primary N) is 1. The number of aliphatic imine (C=N–C) groups is 1. The van der Waals surface area contributed by atoms with E-state index in [9.17, 15) is 9.59 Å². The molecule has 0 bridgehead atoms. The van der Waals surface area contributed by atoms with Crippen molar-refractivity contribution in [3.05, 3.63) is 0 Å². The van der Waals surface area contributed by atoms with Gasteiger partial charge >= 0.3 is 0 Å². The van der Waals surface area contributed by atoms with Crippen molar-refractivity contribution < 1.29 is 9.59 Å². The van der Waals surface area contributed by atoms with Gasteiger partial charge in [0.15, 0.2) is 5.96 Å². The zero-order valence-electron chi connectivity index (χ0n) is 8.28. The molecule has 1 atom stereocenters. The lowest BCUT2D eigenvalue weighted by molar-refractivity contribution is -0.147. The van der Waals surface area contributed by atoms with E-state index in [1.807, 2.05) is 0 Å². The topological polar surface area (TPSA) is 87.8 Å². The first-order valence-electron chi connectivity index (χ1n) is 4.35. The summed E-state index contributed by atoms with van der Waals surface area (Å²) in [7, 11) is 3.00. The van der Waals surface area contributed by atoms with E-state index < -0.39 is 6.04 Å². The SMILES string of the molecule is CN=C(N)NC1CCC(=O)N(C)C1=O. The van der Waals surface area contributed by atoms with Crippen molar-refractivity contribution >= 4 is 17.8 Å². The highest BCUT2D eigenvalue weighted by Gasteiger charge is 2.31. The van der Waals surface area contributed by atoms with E-state index in [-0.39, 0.29) is 17.8 Å². The first-order chi connectivity index (χ1) is 6.56. The third-order valence-electron chi connectivity index (χ3n) is 2.21. The van der Waals surface area contributed by atoms with E-state index in [0.717, 1.165) is 4.90 Å². The monoisotopic (exact) mass is 198 g/mol. The highest BCUT2D eigenvalue weighted by atomic mass is 16.2. The van der Waals surface area contributed by atoms with E-state index in [2.05, 4.69) is 10.3 Å². The predicted octanol–water partition coefficient (Wildman–Crippen LogP) is -1.33. The second-order valence-electron chi connectivity index (χ2n) is 3.14. The molecular formula is C8H14N4O2. The van der Waals surface area contributed by atoms with Gasteiger partial charge in [-0.3, -0.25) is 19.5 Å². The lowest BCUT2D eigenvalue weighted by atomic mass is 10.1. The molecule has 78 valence electrons. The van der Waals surface area contributed by atoms with Crippen molar-refractivity contribution in [2.75, 3.05) is 14.1 Å². The van der Waals surface area contributed by atoms with Crippen LogP contribution in [0.2, 0.25) is 0 Å². The van der Waals surface area contributed by atoms with Crippen molar-refractivity contribution in [3.63, 3.8) is 0 Å². The number of amides is 2. The number of likely N-dealkylation sites (tertiary alicyclic amines) is 1. The zero-order valence-corrected chi connectivity index (χ0v) is 8.28. The highest BCUT2D eigenvalue weighted by Crippen LogP contribution is 2.10. The van der Waals surface area contributed by atoms with Gasteiger partial charge in [-0.2, -0.15) is 0 Å². The minimum Gasteiger partial charge on any atom is -0.370 e. The first-order valence-corrected chi connectivity index (χ1v) is 4.35. The molecule has 2 amide bonds. The van der Waals surface area contributed by atoms with Crippen LogP contribution in [0.1, 0.15) is 12.8 Å². The van der Waals surface area contributed by atoms with Crippen molar-refractivity contribution in [2.45, 2.75) is 18.9 Å². The Morgan fingerprint density at radius 3 is 2.86 bits per heavy atom. The summed E-state index contributed by atoms with van der Waals surface area (Å²) >= 11 is 0. The summed E-state index contributed by atoms with van der Waals surface area (Å²) in [5.41, 5.74) is 5.43. The molecule has 6 heteroatoms. The van der Waals surface area contributed by atoms with E-state index in [1.165, 1.54) is 14.1 Å². The fourth-order valence-electron chi connectivity index (χ4n) is 1.29. The Balaban J connectivity index is 2.64. The van der Waals surface area contributed by atoms with Crippen LogP contribution in [0.25, 0.3) is 0 Å². The number of likely N-dealkylation sites (N-methyl/N-ethyl adjacent to an activating group) is 1. The second kappa shape index (κ2) is 4.08. The quantitative estimate of drug-likeness (QED) is 0.310. The smallest absolute Gasteiger partial charge is 0.251 e. The van der Waals surface area contributed by atoms with Gasteiger partial charge in [0.05, 0.1) is 0 Å². The minimum atomic E-state index is -0.429. The maximum absolute atomic E-state index is 11.5. The Hall–Kier alpha value is -1.59. The Morgan fingerprint density at radius 2 is 2.29 bits per heavy atom. The van der Waals surface area contributed by atoms with Crippen LogP contribution >= 0.6 is 0 Å². The summed E-state index contributed by atoms with van der Waals surface area (Å²) in [6.07, 6.45) is 0.828. The zero-order chi connectivity index (χ0) is 10.7. The number of guanidine groups is 1. The standard InChI is InChI=1S/C8H14N4O2/c1-10-8(9)11-5-3-4-6(13)12(2)7(5)14/h5H,3-4H2,1-2H3,(H3,9,10,11). The maximum atomic E-state index is 11.5. The molecule has 0 aromatic rings. The summed E-state index contributed by atoms with van der Waals surface area (Å²) in [5, 5.41) is 2.75. The molecule has 0 radical (unpaired) electrons. The van der Waals surface area contributed by atoms with E-state index in [0.29, 0.717) is 12.8 Å². The van der Waals surface area contributed by atoms with Gasteiger partial charge in [0.2, 0.25) is 5.91 Å².